The molecule has 3 rings (SSSR count). The molecule has 0 aliphatic heterocycles. The zero-order valence-electron chi connectivity index (χ0n) is 11.4. The maximum atomic E-state index is 12.3. The number of methoxy groups -OCH3 is 1. The average Bonchev–Trinajstić information content (AvgIpc) is 2.55. The highest BCUT2D eigenvalue weighted by Crippen LogP contribution is 2.21. The Labute approximate surface area is 121 Å². The Morgan fingerprint density at radius 1 is 1.10 bits per heavy atom. The van der Waals surface area contributed by atoms with Gasteiger partial charge in [0.25, 0.3) is 5.91 Å². The maximum Gasteiger partial charge on any atom is 0.274 e. The van der Waals surface area contributed by atoms with Crippen LogP contribution in [0.5, 0.6) is 5.88 Å². The summed E-state index contributed by atoms with van der Waals surface area (Å²) in [7, 11) is 1.51. The molecule has 0 bridgehead atoms. The summed E-state index contributed by atoms with van der Waals surface area (Å²) in [4.78, 5) is 20.7. The van der Waals surface area contributed by atoms with Gasteiger partial charge in [0.2, 0.25) is 5.88 Å². The molecular formula is C16H13N3O2. The van der Waals surface area contributed by atoms with E-state index >= 15 is 0 Å². The van der Waals surface area contributed by atoms with Crippen molar-refractivity contribution in [3.05, 3.63) is 60.4 Å². The predicted molar refractivity (Wildman–Crippen MR) is 80.5 cm³/mol. The summed E-state index contributed by atoms with van der Waals surface area (Å²) in [6.45, 7) is 0. The highest BCUT2D eigenvalue weighted by atomic mass is 16.5. The van der Waals surface area contributed by atoms with E-state index in [1.165, 1.54) is 7.11 Å². The van der Waals surface area contributed by atoms with Crippen LogP contribution >= 0.6 is 0 Å². The van der Waals surface area contributed by atoms with Crippen LogP contribution in [0.3, 0.4) is 0 Å². The number of amides is 1. The molecule has 0 spiro atoms. The predicted octanol–water partition coefficient (Wildman–Crippen LogP) is 2.89. The number of benzene rings is 1. The van der Waals surface area contributed by atoms with Crippen molar-refractivity contribution in [2.45, 2.75) is 0 Å². The quantitative estimate of drug-likeness (QED) is 0.800. The Balaban J connectivity index is 1.93. The van der Waals surface area contributed by atoms with Gasteiger partial charge in [-0.3, -0.25) is 9.78 Å². The molecule has 1 amide bonds. The lowest BCUT2D eigenvalue weighted by molar-refractivity contribution is 0.102. The summed E-state index contributed by atoms with van der Waals surface area (Å²) in [6.07, 6.45) is 1.70. The normalized spacial score (nSPS) is 10.3. The first kappa shape index (κ1) is 13.1. The minimum Gasteiger partial charge on any atom is -0.481 e. The van der Waals surface area contributed by atoms with Crippen molar-refractivity contribution in [1.82, 2.24) is 9.97 Å². The summed E-state index contributed by atoms with van der Waals surface area (Å²) >= 11 is 0. The molecule has 0 aliphatic carbocycles. The highest BCUT2D eigenvalue weighted by Gasteiger charge is 2.10. The molecule has 1 aromatic carbocycles. The Bertz CT molecular complexity index is 797. The molecule has 1 N–H and O–H groups in total. The van der Waals surface area contributed by atoms with Crippen LogP contribution in [0.15, 0.2) is 54.7 Å². The van der Waals surface area contributed by atoms with Crippen molar-refractivity contribution in [3.8, 4) is 5.88 Å². The van der Waals surface area contributed by atoms with Gasteiger partial charge in [-0.05, 0) is 18.2 Å². The minimum absolute atomic E-state index is 0.294. The van der Waals surface area contributed by atoms with Crippen molar-refractivity contribution >= 4 is 22.5 Å². The first-order valence-electron chi connectivity index (χ1n) is 6.44. The molecule has 0 saturated carbocycles. The average molecular weight is 279 g/mol. The number of nitrogens with one attached hydrogen (secondary N) is 1. The molecule has 0 atom stereocenters. The van der Waals surface area contributed by atoms with Crippen LogP contribution < -0.4 is 10.1 Å². The molecule has 0 fully saturated rings. The van der Waals surface area contributed by atoms with Gasteiger partial charge in [-0.2, -0.15) is 0 Å². The van der Waals surface area contributed by atoms with E-state index < -0.39 is 0 Å². The molecule has 21 heavy (non-hydrogen) atoms. The third-order valence-electron chi connectivity index (χ3n) is 3.05. The van der Waals surface area contributed by atoms with Gasteiger partial charge in [0.1, 0.15) is 5.69 Å². The number of hydrogen-bond acceptors (Lipinski definition) is 4. The van der Waals surface area contributed by atoms with Gasteiger partial charge in [0.15, 0.2) is 0 Å². The van der Waals surface area contributed by atoms with Crippen LogP contribution in [-0.2, 0) is 0 Å². The smallest absolute Gasteiger partial charge is 0.274 e. The van der Waals surface area contributed by atoms with Crippen molar-refractivity contribution in [2.24, 2.45) is 0 Å². The number of aromatic nitrogens is 2. The second-order valence-corrected chi connectivity index (χ2v) is 4.40. The Kier molecular flexibility index (Phi) is 3.47. The molecule has 0 saturated heterocycles. The van der Waals surface area contributed by atoms with Gasteiger partial charge in [0.05, 0.1) is 18.3 Å². The van der Waals surface area contributed by atoms with Gasteiger partial charge in [-0.1, -0.05) is 24.3 Å². The van der Waals surface area contributed by atoms with Gasteiger partial charge in [-0.15, -0.1) is 0 Å². The molecule has 104 valence electrons. The molecule has 2 heterocycles. The number of rotatable bonds is 3. The van der Waals surface area contributed by atoms with E-state index in [-0.39, 0.29) is 5.91 Å². The van der Waals surface area contributed by atoms with Crippen LogP contribution in [0.25, 0.3) is 10.9 Å². The number of fused-ring (bicyclic) bond motifs is 1. The van der Waals surface area contributed by atoms with E-state index in [4.69, 9.17) is 4.74 Å². The third kappa shape index (κ3) is 2.67. The lowest BCUT2D eigenvalue weighted by atomic mass is 10.2. The van der Waals surface area contributed by atoms with Crippen molar-refractivity contribution < 1.29 is 9.53 Å². The molecule has 5 heteroatoms. The molecule has 3 aromatic rings. The fourth-order valence-corrected chi connectivity index (χ4v) is 2.05. The van der Waals surface area contributed by atoms with E-state index in [2.05, 4.69) is 15.3 Å². The van der Waals surface area contributed by atoms with Crippen LogP contribution in [0.2, 0.25) is 0 Å². The lowest BCUT2D eigenvalue weighted by Crippen LogP contribution is -2.14. The monoisotopic (exact) mass is 279 g/mol. The molecule has 0 aliphatic rings. The van der Waals surface area contributed by atoms with Gasteiger partial charge >= 0.3 is 0 Å². The van der Waals surface area contributed by atoms with E-state index in [1.54, 1.807) is 24.4 Å². The highest BCUT2D eigenvalue weighted by molar-refractivity contribution is 6.07. The summed E-state index contributed by atoms with van der Waals surface area (Å²) in [5, 5.41) is 3.80. The van der Waals surface area contributed by atoms with Crippen LogP contribution in [0.1, 0.15) is 10.5 Å². The number of ether oxygens (including phenoxy) is 1. The molecule has 0 radical (unpaired) electrons. The topological polar surface area (TPSA) is 64.1 Å². The van der Waals surface area contributed by atoms with Crippen LogP contribution in [0, 0.1) is 0 Å². The number of pyridine rings is 2. The Morgan fingerprint density at radius 2 is 1.90 bits per heavy atom. The molecular weight excluding hydrogens is 266 g/mol. The summed E-state index contributed by atoms with van der Waals surface area (Å²) in [5.41, 5.74) is 1.70. The minimum atomic E-state index is -0.299. The van der Waals surface area contributed by atoms with Crippen LogP contribution in [0.4, 0.5) is 5.69 Å². The number of carbonyl (C=O) groups is 1. The van der Waals surface area contributed by atoms with Crippen LogP contribution in [-0.4, -0.2) is 23.0 Å². The van der Waals surface area contributed by atoms with Crippen molar-refractivity contribution in [3.63, 3.8) is 0 Å². The standard InChI is InChI=1S/C16H13N3O2/c1-21-14-9-3-8-13(18-14)16(20)19-12-7-2-5-11-6-4-10-17-15(11)12/h2-10H,1H3,(H,19,20). The SMILES string of the molecule is COc1cccc(C(=O)Nc2cccc3cccnc23)n1. The lowest BCUT2D eigenvalue weighted by Gasteiger charge is -2.08. The molecule has 0 unspecified atom stereocenters. The van der Waals surface area contributed by atoms with Crippen molar-refractivity contribution in [2.75, 3.05) is 12.4 Å². The Hall–Kier alpha value is -2.95. The number of para-hydroxylation sites is 1. The number of hydrogen-bond donors (Lipinski definition) is 1. The van der Waals surface area contributed by atoms with Gasteiger partial charge in [-0.25, -0.2) is 4.98 Å². The molecule has 2 aromatic heterocycles. The van der Waals surface area contributed by atoms with E-state index in [0.717, 1.165) is 10.9 Å². The number of carbonyl (C=O) groups excluding carboxylic acids is 1. The molecule has 5 nitrogen and oxygen atoms in total. The number of anilines is 1. The van der Waals surface area contributed by atoms with E-state index in [9.17, 15) is 4.79 Å². The fraction of sp³-hybridized carbons (Fsp3) is 0.0625. The van der Waals surface area contributed by atoms with Crippen molar-refractivity contribution in [1.29, 1.82) is 0 Å². The fourth-order valence-electron chi connectivity index (χ4n) is 2.05. The van der Waals surface area contributed by atoms with E-state index in [1.807, 2.05) is 30.3 Å². The maximum absolute atomic E-state index is 12.3. The number of nitrogens with zero attached hydrogens (tertiary/aromatic N) is 2. The first-order valence-corrected chi connectivity index (χ1v) is 6.44. The largest absolute Gasteiger partial charge is 0.481 e. The van der Waals surface area contributed by atoms with Gasteiger partial charge in [0, 0.05) is 17.6 Å². The van der Waals surface area contributed by atoms with E-state index in [0.29, 0.717) is 17.3 Å². The first-order chi connectivity index (χ1) is 10.3. The summed E-state index contributed by atoms with van der Waals surface area (Å²) < 4.78 is 5.02. The summed E-state index contributed by atoms with van der Waals surface area (Å²) in [6, 6.07) is 14.5. The second kappa shape index (κ2) is 5.58. The zero-order valence-corrected chi connectivity index (χ0v) is 11.4. The van der Waals surface area contributed by atoms with Gasteiger partial charge < -0.3 is 10.1 Å². The zero-order chi connectivity index (χ0) is 14.7. The third-order valence-corrected chi connectivity index (χ3v) is 3.05. The summed E-state index contributed by atoms with van der Waals surface area (Å²) in [5.74, 6) is 0.103. The Morgan fingerprint density at radius 3 is 2.76 bits per heavy atom. The second-order valence-electron chi connectivity index (χ2n) is 4.40.